The summed E-state index contributed by atoms with van der Waals surface area (Å²) in [6.45, 7) is 0.212. The number of nitrogens with zero attached hydrogens (tertiary/aromatic N) is 3. The van der Waals surface area contributed by atoms with Crippen molar-refractivity contribution in [1.82, 2.24) is 4.90 Å². The minimum absolute atomic E-state index is 0.212. The van der Waals surface area contributed by atoms with Crippen molar-refractivity contribution in [3.8, 4) is 0 Å². The molecule has 0 spiro atoms. The van der Waals surface area contributed by atoms with E-state index in [-0.39, 0.29) is 6.67 Å². The molecule has 0 saturated heterocycles. The van der Waals surface area contributed by atoms with Crippen molar-refractivity contribution in [2.75, 3.05) is 12.5 Å². The van der Waals surface area contributed by atoms with Crippen molar-refractivity contribution in [2.45, 2.75) is 0 Å². The Morgan fingerprint density at radius 2 is 2.36 bits per heavy atom. The van der Waals surface area contributed by atoms with E-state index in [1.807, 2.05) is 0 Å². The Morgan fingerprint density at radius 1 is 1.64 bits per heavy atom. The highest BCUT2D eigenvalue weighted by Gasteiger charge is 2.10. The molecule has 0 saturated carbocycles. The Morgan fingerprint density at radius 3 is 2.82 bits per heavy atom. The highest BCUT2D eigenvalue weighted by atomic mass is 32.2. The fourth-order valence-electron chi connectivity index (χ4n) is 0.633. The number of hydrogen-bond acceptors (Lipinski definition) is 5. The van der Waals surface area contributed by atoms with Gasteiger partial charge in [0.25, 0.3) is 10.1 Å². The van der Waals surface area contributed by atoms with Crippen LogP contribution in [0.25, 0.3) is 0 Å². The summed E-state index contributed by atoms with van der Waals surface area (Å²) in [6, 6.07) is 0. The molecule has 0 bridgehead atoms. The van der Waals surface area contributed by atoms with Crippen molar-refractivity contribution in [3.63, 3.8) is 0 Å². The third-order valence-corrected chi connectivity index (χ3v) is 1.63. The molecule has 0 aromatic rings. The monoisotopic (exact) mass is 177 g/mol. The first kappa shape index (κ1) is 8.15. The third kappa shape index (κ3) is 3.10. The molecule has 0 radical (unpaired) electrons. The van der Waals surface area contributed by atoms with Gasteiger partial charge < -0.3 is 4.90 Å². The Bertz CT molecular complexity index is 281. The molecule has 0 aliphatic carbocycles. The first-order valence-corrected chi connectivity index (χ1v) is 4.40. The van der Waals surface area contributed by atoms with Crippen LogP contribution in [0.4, 0.5) is 0 Å². The average molecular weight is 177 g/mol. The lowest BCUT2D eigenvalue weighted by molar-refractivity contribution is 0.433. The SMILES string of the molecule is O=S(=O)(O)CN1C=NC=NC1. The van der Waals surface area contributed by atoms with Gasteiger partial charge in [-0.15, -0.1) is 0 Å². The van der Waals surface area contributed by atoms with Crippen LogP contribution in [-0.4, -0.2) is 43.1 Å². The van der Waals surface area contributed by atoms with Gasteiger partial charge in [-0.25, -0.2) is 4.99 Å². The van der Waals surface area contributed by atoms with Crippen LogP contribution in [0.15, 0.2) is 9.98 Å². The second-order valence-corrected chi connectivity index (χ2v) is 3.43. The lowest BCUT2D eigenvalue weighted by Gasteiger charge is -2.15. The van der Waals surface area contributed by atoms with Crippen LogP contribution in [0.3, 0.4) is 0 Å². The van der Waals surface area contributed by atoms with E-state index >= 15 is 0 Å². The van der Waals surface area contributed by atoms with Gasteiger partial charge in [0.1, 0.15) is 18.9 Å². The van der Waals surface area contributed by atoms with Crippen LogP contribution in [0.5, 0.6) is 0 Å². The van der Waals surface area contributed by atoms with Crippen LogP contribution >= 0.6 is 0 Å². The standard InChI is InChI=1S/C4H7N3O3S/c8-11(9,10)4-7-2-5-1-6-3-7/h1-2H,3-4H2,(H,8,9,10). The summed E-state index contributed by atoms with van der Waals surface area (Å²) in [7, 11) is -3.96. The Labute approximate surface area is 64.0 Å². The fourth-order valence-corrected chi connectivity index (χ4v) is 1.20. The minimum atomic E-state index is -3.96. The fraction of sp³-hybridized carbons (Fsp3) is 0.500. The molecule has 0 amide bonds. The second-order valence-electron chi connectivity index (χ2n) is 2.00. The predicted molar refractivity (Wildman–Crippen MR) is 40.1 cm³/mol. The zero-order chi connectivity index (χ0) is 8.32. The van der Waals surface area contributed by atoms with Crippen LogP contribution in [0, 0.1) is 0 Å². The zero-order valence-electron chi connectivity index (χ0n) is 5.58. The molecule has 0 aromatic heterocycles. The van der Waals surface area contributed by atoms with Crippen molar-refractivity contribution in [3.05, 3.63) is 0 Å². The van der Waals surface area contributed by atoms with Gasteiger partial charge >= 0.3 is 0 Å². The summed E-state index contributed by atoms with van der Waals surface area (Å²) in [4.78, 5) is 8.52. The molecule has 1 aliphatic rings. The molecule has 0 unspecified atom stereocenters. The molecule has 0 atom stereocenters. The van der Waals surface area contributed by atoms with Crippen molar-refractivity contribution in [2.24, 2.45) is 9.98 Å². The van der Waals surface area contributed by atoms with Crippen molar-refractivity contribution >= 4 is 22.8 Å². The van der Waals surface area contributed by atoms with Gasteiger partial charge in [-0.1, -0.05) is 0 Å². The minimum Gasteiger partial charge on any atom is -0.326 e. The van der Waals surface area contributed by atoms with Crippen molar-refractivity contribution < 1.29 is 13.0 Å². The van der Waals surface area contributed by atoms with Gasteiger partial charge in [0.2, 0.25) is 0 Å². The molecule has 1 N–H and O–H groups in total. The topological polar surface area (TPSA) is 82.3 Å². The van der Waals surface area contributed by atoms with Crippen LogP contribution < -0.4 is 0 Å². The maximum absolute atomic E-state index is 10.3. The Hall–Kier alpha value is -0.950. The number of aliphatic imine (C=N–C) groups is 2. The Balaban J connectivity index is 2.52. The number of rotatable bonds is 2. The van der Waals surface area contributed by atoms with Crippen LogP contribution in [0.1, 0.15) is 0 Å². The van der Waals surface area contributed by atoms with Gasteiger partial charge in [0.05, 0.1) is 6.34 Å². The van der Waals surface area contributed by atoms with E-state index in [1.54, 1.807) is 0 Å². The molecule has 11 heavy (non-hydrogen) atoms. The largest absolute Gasteiger partial charge is 0.326 e. The molecule has 6 nitrogen and oxygen atoms in total. The molecule has 1 aliphatic heterocycles. The molecular formula is C4H7N3O3S. The molecule has 1 heterocycles. The van der Waals surface area contributed by atoms with E-state index < -0.39 is 16.0 Å². The average Bonchev–Trinajstić information content (AvgIpc) is 1.85. The maximum atomic E-state index is 10.3. The molecule has 62 valence electrons. The first-order chi connectivity index (χ1) is 5.08. The third-order valence-electron chi connectivity index (χ3n) is 0.971. The van der Waals surface area contributed by atoms with E-state index in [9.17, 15) is 8.42 Å². The van der Waals surface area contributed by atoms with E-state index in [4.69, 9.17) is 4.55 Å². The van der Waals surface area contributed by atoms with Crippen LogP contribution in [0.2, 0.25) is 0 Å². The lowest BCUT2D eigenvalue weighted by atomic mass is 10.8. The van der Waals surface area contributed by atoms with Gasteiger partial charge in [-0.3, -0.25) is 9.55 Å². The second kappa shape index (κ2) is 2.97. The van der Waals surface area contributed by atoms with Gasteiger partial charge in [0, 0.05) is 0 Å². The summed E-state index contributed by atoms with van der Waals surface area (Å²) < 4.78 is 29.0. The van der Waals surface area contributed by atoms with E-state index in [0.717, 1.165) is 0 Å². The summed E-state index contributed by atoms with van der Waals surface area (Å²) in [5.74, 6) is -0.464. The molecule has 0 fully saturated rings. The highest BCUT2D eigenvalue weighted by Crippen LogP contribution is 1.93. The van der Waals surface area contributed by atoms with E-state index in [0.29, 0.717) is 0 Å². The normalized spacial score (nSPS) is 17.4. The predicted octanol–water partition coefficient (Wildman–Crippen LogP) is -0.839. The highest BCUT2D eigenvalue weighted by molar-refractivity contribution is 7.85. The Kier molecular flexibility index (Phi) is 2.20. The molecule has 1 rings (SSSR count). The lowest BCUT2D eigenvalue weighted by Crippen LogP contribution is -2.30. The maximum Gasteiger partial charge on any atom is 0.283 e. The van der Waals surface area contributed by atoms with Gasteiger partial charge in [-0.05, 0) is 0 Å². The molecule has 0 aromatic carbocycles. The smallest absolute Gasteiger partial charge is 0.283 e. The van der Waals surface area contributed by atoms with E-state index in [1.165, 1.54) is 17.6 Å². The molecule has 7 heteroatoms. The summed E-state index contributed by atoms with van der Waals surface area (Å²) in [5.41, 5.74) is 0. The number of hydrogen-bond donors (Lipinski definition) is 1. The summed E-state index contributed by atoms with van der Waals surface area (Å²) >= 11 is 0. The first-order valence-electron chi connectivity index (χ1n) is 2.79. The van der Waals surface area contributed by atoms with Crippen LogP contribution in [-0.2, 0) is 10.1 Å². The summed E-state index contributed by atoms with van der Waals surface area (Å²) in [5, 5.41) is 0. The van der Waals surface area contributed by atoms with Gasteiger partial charge in [-0.2, -0.15) is 8.42 Å². The van der Waals surface area contributed by atoms with E-state index in [2.05, 4.69) is 9.98 Å². The van der Waals surface area contributed by atoms with Gasteiger partial charge in [0.15, 0.2) is 0 Å². The van der Waals surface area contributed by atoms with Crippen molar-refractivity contribution in [1.29, 1.82) is 0 Å². The summed E-state index contributed by atoms with van der Waals surface area (Å²) in [6.07, 6.45) is 2.63. The quantitative estimate of drug-likeness (QED) is 0.557. The zero-order valence-corrected chi connectivity index (χ0v) is 6.40. The molecular weight excluding hydrogens is 170 g/mol.